The van der Waals surface area contributed by atoms with Gasteiger partial charge in [0, 0.05) is 19.9 Å². The Labute approximate surface area is 189 Å². The van der Waals surface area contributed by atoms with Crippen molar-refractivity contribution in [1.82, 2.24) is 0 Å². The van der Waals surface area contributed by atoms with E-state index in [0.29, 0.717) is 18.8 Å². The number of benzene rings is 2. The van der Waals surface area contributed by atoms with Gasteiger partial charge in [-0.2, -0.15) is 5.26 Å². The van der Waals surface area contributed by atoms with Crippen molar-refractivity contribution >= 4 is 27.4 Å². The fourth-order valence-electron chi connectivity index (χ4n) is 3.66. The summed E-state index contributed by atoms with van der Waals surface area (Å²) in [5, 5.41) is 9.38. The summed E-state index contributed by atoms with van der Waals surface area (Å²) in [7, 11) is -3.47. The maximum Gasteiger partial charge on any atom is 0.337 e. The molecule has 0 radical (unpaired) electrons. The van der Waals surface area contributed by atoms with E-state index in [9.17, 15) is 18.5 Å². The van der Waals surface area contributed by atoms with Gasteiger partial charge in [-0.3, -0.25) is 4.72 Å². The molecule has 0 aromatic heterocycles. The zero-order valence-corrected chi connectivity index (χ0v) is 17.8. The van der Waals surface area contributed by atoms with Crippen LogP contribution in [0.5, 0.6) is 0 Å². The minimum absolute atomic E-state index is 0.117. The summed E-state index contributed by atoms with van der Waals surface area (Å²) in [6, 6.07) is 9.81. The molecule has 1 heterocycles. The van der Waals surface area contributed by atoms with E-state index in [-0.39, 0.29) is 16.8 Å². The van der Waals surface area contributed by atoms with Crippen molar-refractivity contribution in [2.24, 2.45) is 0 Å². The largest absolute Gasteiger partial charge is 0.465 e. The van der Waals surface area contributed by atoms with E-state index >= 15 is 0 Å². The molecule has 1 aliphatic heterocycles. The lowest BCUT2D eigenvalue weighted by atomic mass is 10.1. The first-order valence-electron chi connectivity index (χ1n) is 12.4. The van der Waals surface area contributed by atoms with Gasteiger partial charge in [0.15, 0.2) is 0 Å². The number of esters is 1. The first kappa shape index (κ1) is 15.7. The Morgan fingerprint density at radius 2 is 1.97 bits per heavy atom. The second-order valence-electron chi connectivity index (χ2n) is 7.32. The second-order valence-corrected chi connectivity index (χ2v) is 8.98. The number of rotatable bonds is 6. The van der Waals surface area contributed by atoms with E-state index in [1.807, 2.05) is 11.0 Å². The van der Waals surface area contributed by atoms with Crippen molar-refractivity contribution in [3.8, 4) is 6.07 Å². The van der Waals surface area contributed by atoms with Gasteiger partial charge in [-0.15, -0.1) is 0 Å². The molecule has 4 rings (SSSR count). The van der Waals surface area contributed by atoms with Crippen molar-refractivity contribution in [3.63, 3.8) is 0 Å². The van der Waals surface area contributed by atoms with Crippen molar-refractivity contribution < 1.29 is 24.8 Å². The summed E-state index contributed by atoms with van der Waals surface area (Å²) in [5.74, 6) is -3.37. The highest BCUT2D eigenvalue weighted by Gasteiger charge is 2.32. The van der Waals surface area contributed by atoms with Gasteiger partial charge in [0.2, 0.25) is 0 Å². The molecule has 0 amide bonds. The molecule has 0 atom stereocenters. The maximum atomic E-state index is 13.7. The summed E-state index contributed by atoms with van der Waals surface area (Å²) in [6.07, 6.45) is -2.45. The highest BCUT2D eigenvalue weighted by Crippen LogP contribution is 2.43. The molecule has 2 aromatic rings. The van der Waals surface area contributed by atoms with Crippen LogP contribution in [0.1, 0.15) is 66.2 Å². The van der Waals surface area contributed by atoms with Gasteiger partial charge in [0.25, 0.3) is 10.0 Å². The van der Waals surface area contributed by atoms with Crippen LogP contribution in [0, 0.1) is 11.3 Å². The summed E-state index contributed by atoms with van der Waals surface area (Å²) in [5.41, 5.74) is 0.304. The number of carbonyl (C=O) groups excluding carboxylic acids is 1. The number of carbonyl (C=O) groups is 1. The Balaban J connectivity index is 1.86. The Bertz CT molecular complexity index is 1350. The lowest BCUT2D eigenvalue weighted by Crippen LogP contribution is -2.30. The molecule has 1 saturated carbocycles. The smallest absolute Gasteiger partial charge is 0.337 e. The van der Waals surface area contributed by atoms with E-state index in [0.717, 1.165) is 38.5 Å². The monoisotopic (exact) mass is 444 g/mol. The number of anilines is 2. The third kappa shape index (κ3) is 4.52. The van der Waals surface area contributed by atoms with E-state index in [1.54, 1.807) is 12.1 Å². The lowest BCUT2D eigenvalue weighted by Gasteiger charge is -2.30. The van der Waals surface area contributed by atoms with Crippen LogP contribution in [0.15, 0.2) is 41.3 Å². The van der Waals surface area contributed by atoms with Gasteiger partial charge in [-0.1, -0.05) is 6.07 Å². The molecule has 2 aromatic carbocycles. The molecule has 2 aliphatic rings. The first-order chi connectivity index (χ1) is 16.8. The molecule has 162 valence electrons. The van der Waals surface area contributed by atoms with Crippen LogP contribution < -0.4 is 9.62 Å². The van der Waals surface area contributed by atoms with Gasteiger partial charge >= 0.3 is 5.97 Å². The number of hydrogen-bond acceptors (Lipinski definition) is 6. The quantitative estimate of drug-likeness (QED) is 0.676. The number of methoxy groups -OCH3 is 1. The van der Waals surface area contributed by atoms with Crippen LogP contribution in [0.3, 0.4) is 0 Å². The van der Waals surface area contributed by atoms with E-state index in [2.05, 4.69) is 9.46 Å². The molecule has 1 N–H and O–H groups in total. The molecule has 8 heteroatoms. The summed E-state index contributed by atoms with van der Waals surface area (Å²) in [4.78, 5) is 13.5. The van der Waals surface area contributed by atoms with Crippen molar-refractivity contribution in [1.29, 1.82) is 5.26 Å². The average Bonchev–Trinajstić information content (AvgIpc) is 3.19. The topological polar surface area (TPSA) is 99.5 Å². The predicted octanol–water partition coefficient (Wildman–Crippen LogP) is 4.01. The lowest BCUT2D eigenvalue weighted by molar-refractivity contribution is 0.0600. The van der Waals surface area contributed by atoms with Crippen LogP contribution in [0.2, 0.25) is 0 Å². The number of nitriles is 1. The average molecular weight is 445 g/mol. The molecule has 7 nitrogen and oxygen atoms in total. The molecule has 2 fully saturated rings. The Morgan fingerprint density at radius 3 is 2.61 bits per heavy atom. The zero-order valence-electron chi connectivity index (χ0n) is 21.9. The van der Waals surface area contributed by atoms with Gasteiger partial charge in [-0.25, -0.2) is 13.2 Å². The van der Waals surface area contributed by atoms with Crippen LogP contribution in [0.4, 0.5) is 11.4 Å². The number of nitrogens with zero attached hydrogens (tertiary/aromatic N) is 2. The highest BCUT2D eigenvalue weighted by molar-refractivity contribution is 7.92. The van der Waals surface area contributed by atoms with Gasteiger partial charge in [0.1, 0.15) is 0 Å². The van der Waals surface area contributed by atoms with E-state index in [4.69, 9.17) is 6.85 Å². The molecule has 31 heavy (non-hydrogen) atoms. The van der Waals surface area contributed by atoms with Gasteiger partial charge < -0.3 is 9.64 Å². The van der Waals surface area contributed by atoms with Gasteiger partial charge in [-0.05, 0) is 73.8 Å². The van der Waals surface area contributed by atoms with Gasteiger partial charge in [0.05, 0.1) is 40.6 Å². The molecule has 0 bridgehead atoms. The predicted molar refractivity (Wildman–Crippen MR) is 118 cm³/mol. The summed E-state index contributed by atoms with van der Waals surface area (Å²) in [6.45, 7) is 1.39. The van der Waals surface area contributed by atoms with Crippen molar-refractivity contribution in [2.45, 2.75) is 42.8 Å². The summed E-state index contributed by atoms with van der Waals surface area (Å²) >= 11 is 0. The molecule has 1 saturated heterocycles. The molecule has 0 unspecified atom stereocenters. The second kappa shape index (κ2) is 8.60. The van der Waals surface area contributed by atoms with Crippen LogP contribution in [-0.4, -0.2) is 34.6 Å². The fourth-order valence-corrected chi connectivity index (χ4v) is 4.96. The minimum atomic E-state index is -4.59. The molecular weight excluding hydrogens is 414 g/mol. The number of sulfonamides is 1. The molecular formula is C23H25N3O4S. The standard InChI is InChI=1S/C23H25N3O4S/c1-30-23(27)18-8-9-19(17-6-7-17)22(14-18)31(28,29)25-20-13-16(15-24)5-10-21(20)26-11-3-2-4-12-26/h5,8-10,13-14,17,25H,2-4,6-7,11-12H2,1H3/i6D2,7D2,17D. The molecule has 0 spiro atoms. The third-order valence-corrected chi connectivity index (χ3v) is 6.68. The number of hydrogen-bond donors (Lipinski definition) is 1. The van der Waals surface area contributed by atoms with E-state index in [1.165, 1.54) is 12.1 Å². The van der Waals surface area contributed by atoms with Crippen LogP contribution in [-0.2, 0) is 14.8 Å². The summed E-state index contributed by atoms with van der Waals surface area (Å²) < 4.78 is 75.2. The fraction of sp³-hybridized carbons (Fsp3) is 0.391. The number of nitrogens with one attached hydrogen (secondary N) is 1. The van der Waals surface area contributed by atoms with E-state index < -0.39 is 45.1 Å². The number of piperidine rings is 1. The SMILES string of the molecule is [2H]C1([2H])C([2H])([2H])C1([2H])c1ccc(C(=O)OC)cc1S(=O)(=O)Nc1cc(C#N)ccc1N1CCCCC1. The third-order valence-electron chi connectivity index (χ3n) is 5.28. The maximum absolute atomic E-state index is 13.7. The van der Waals surface area contributed by atoms with Crippen LogP contribution in [0.25, 0.3) is 0 Å². The van der Waals surface area contributed by atoms with Crippen molar-refractivity contribution in [3.05, 3.63) is 53.1 Å². The first-order valence-corrected chi connectivity index (χ1v) is 11.3. The molecule has 1 aliphatic carbocycles. The Morgan fingerprint density at radius 1 is 1.23 bits per heavy atom. The zero-order chi connectivity index (χ0) is 26.5. The van der Waals surface area contributed by atoms with Crippen LogP contribution >= 0.6 is 0 Å². The number of ether oxygens (including phenoxy) is 1. The minimum Gasteiger partial charge on any atom is -0.465 e. The Kier molecular flexibility index (Phi) is 4.36. The van der Waals surface area contributed by atoms with Crippen molar-refractivity contribution in [2.75, 3.05) is 29.8 Å². The normalized spacial score (nSPS) is 23.1. The Hall–Kier alpha value is -3.05. The highest BCUT2D eigenvalue weighted by atomic mass is 32.2.